The Hall–Kier alpha value is -2.74. The van der Waals surface area contributed by atoms with E-state index in [0.29, 0.717) is 10.8 Å². The van der Waals surface area contributed by atoms with Crippen LogP contribution in [0.15, 0.2) is 12.3 Å². The van der Waals surface area contributed by atoms with Crippen molar-refractivity contribution in [3.05, 3.63) is 18.0 Å². The number of carbonyl (C=O) groups is 1. The Balaban J connectivity index is 0.000000277. The second-order valence-electron chi connectivity index (χ2n) is 5.07. The average molecular weight is 371 g/mol. The minimum atomic E-state index is -5.08. The number of carboxylic acids is 1. The number of carboxylic acid groups (broad SMARTS) is 1. The predicted molar refractivity (Wildman–Crippen MR) is 84.2 cm³/mol. The van der Waals surface area contributed by atoms with Crippen molar-refractivity contribution >= 4 is 38.5 Å². The highest BCUT2D eigenvalue weighted by Crippen LogP contribution is 2.30. The molecular formula is C14H12F3N5O2S. The maximum atomic E-state index is 10.6. The van der Waals surface area contributed by atoms with Crippen LogP contribution in [0.25, 0.3) is 16.1 Å². The molecule has 0 fully saturated rings. The van der Waals surface area contributed by atoms with Crippen LogP contribution in [0.1, 0.15) is 25.0 Å². The van der Waals surface area contributed by atoms with E-state index < -0.39 is 12.1 Å². The molecule has 0 aromatic carbocycles. The maximum Gasteiger partial charge on any atom is 0.490 e. The highest BCUT2D eigenvalue weighted by molar-refractivity contribution is 7.21. The summed E-state index contributed by atoms with van der Waals surface area (Å²) in [7, 11) is 0. The molecule has 25 heavy (non-hydrogen) atoms. The fourth-order valence-electron chi connectivity index (χ4n) is 2.08. The zero-order chi connectivity index (χ0) is 18.6. The molecule has 1 aliphatic rings. The molecule has 0 bridgehead atoms. The monoisotopic (exact) mass is 371 g/mol. The van der Waals surface area contributed by atoms with E-state index in [0.717, 1.165) is 29.8 Å². The van der Waals surface area contributed by atoms with Crippen LogP contribution in [0.2, 0.25) is 0 Å². The van der Waals surface area contributed by atoms with Crippen molar-refractivity contribution in [3.63, 3.8) is 0 Å². The van der Waals surface area contributed by atoms with Crippen LogP contribution >= 0.6 is 11.3 Å². The summed E-state index contributed by atoms with van der Waals surface area (Å²) in [5, 5.41) is 16.5. The number of anilines is 1. The quantitative estimate of drug-likeness (QED) is 0.789. The molecule has 1 atom stereocenters. The average Bonchev–Trinajstić information content (AvgIpc) is 2.93. The van der Waals surface area contributed by atoms with Crippen LogP contribution in [-0.4, -0.2) is 32.2 Å². The molecule has 3 N–H and O–H groups in total. The van der Waals surface area contributed by atoms with Gasteiger partial charge in [0.25, 0.3) is 0 Å². The maximum absolute atomic E-state index is 10.6. The van der Waals surface area contributed by atoms with Crippen molar-refractivity contribution in [2.75, 3.05) is 5.73 Å². The molecule has 0 aliphatic heterocycles. The van der Waals surface area contributed by atoms with Gasteiger partial charge in [0.2, 0.25) is 0 Å². The van der Waals surface area contributed by atoms with Crippen molar-refractivity contribution in [3.8, 4) is 6.07 Å². The van der Waals surface area contributed by atoms with E-state index >= 15 is 0 Å². The molecule has 0 radical (unpaired) electrons. The Morgan fingerprint density at radius 3 is 2.64 bits per heavy atom. The minimum absolute atomic E-state index is 0.143. The van der Waals surface area contributed by atoms with Crippen LogP contribution < -0.4 is 5.73 Å². The lowest BCUT2D eigenvalue weighted by Gasteiger charge is -2.15. The lowest BCUT2D eigenvalue weighted by molar-refractivity contribution is -0.192. The Kier molecular flexibility index (Phi) is 5.53. The van der Waals surface area contributed by atoms with Gasteiger partial charge in [0.15, 0.2) is 15.6 Å². The molecule has 132 valence electrons. The number of allylic oxidation sites excluding steroid dienone is 2. The predicted octanol–water partition coefficient (Wildman–Crippen LogP) is 3.01. The minimum Gasteiger partial charge on any atom is -0.475 e. The van der Waals surface area contributed by atoms with E-state index in [4.69, 9.17) is 20.9 Å². The van der Waals surface area contributed by atoms with Crippen LogP contribution in [0.3, 0.4) is 0 Å². The fraction of sp³-hybridized carbons (Fsp3) is 0.357. The van der Waals surface area contributed by atoms with Gasteiger partial charge in [-0.3, -0.25) is 0 Å². The molecule has 1 unspecified atom stereocenters. The number of hydrogen-bond donors (Lipinski definition) is 2. The number of aromatic nitrogens is 3. The van der Waals surface area contributed by atoms with Gasteiger partial charge in [0.1, 0.15) is 0 Å². The van der Waals surface area contributed by atoms with Crippen LogP contribution in [0, 0.1) is 17.2 Å². The molecule has 3 rings (SSSR count). The Morgan fingerprint density at radius 1 is 1.44 bits per heavy atom. The lowest BCUT2D eigenvalue weighted by atomic mass is 9.89. The largest absolute Gasteiger partial charge is 0.490 e. The number of halogens is 3. The van der Waals surface area contributed by atoms with Gasteiger partial charge in [0.05, 0.1) is 23.9 Å². The summed E-state index contributed by atoms with van der Waals surface area (Å²) in [6, 6.07) is 2.30. The van der Waals surface area contributed by atoms with Gasteiger partial charge in [-0.25, -0.2) is 14.8 Å². The van der Waals surface area contributed by atoms with Crippen molar-refractivity contribution in [1.82, 2.24) is 15.0 Å². The van der Waals surface area contributed by atoms with E-state index in [1.807, 2.05) is 0 Å². The highest BCUT2D eigenvalue weighted by Gasteiger charge is 2.38. The number of alkyl halides is 3. The summed E-state index contributed by atoms with van der Waals surface area (Å²) < 4.78 is 31.7. The van der Waals surface area contributed by atoms with Crippen molar-refractivity contribution in [2.24, 2.45) is 5.92 Å². The van der Waals surface area contributed by atoms with Crippen LogP contribution in [0.4, 0.5) is 18.3 Å². The van der Waals surface area contributed by atoms with Gasteiger partial charge >= 0.3 is 12.1 Å². The first-order valence-electron chi connectivity index (χ1n) is 6.99. The first-order valence-corrected chi connectivity index (χ1v) is 7.80. The Labute approximate surface area is 143 Å². The standard InChI is InChI=1S/C12H11N5S.C2HF3O2/c13-5-7-1-3-8(4-2-7)9-6-15-10-11(16-9)18-12(14)17-10;3-2(4,5)1(6)7/h3,6-7H,1-2,4H2,(H2,14,15,17);(H,6,7). The molecule has 1 aliphatic carbocycles. The molecule has 0 spiro atoms. The van der Waals surface area contributed by atoms with Crippen molar-refractivity contribution in [1.29, 1.82) is 5.26 Å². The highest BCUT2D eigenvalue weighted by atomic mass is 32.1. The van der Waals surface area contributed by atoms with E-state index in [1.165, 1.54) is 16.9 Å². The van der Waals surface area contributed by atoms with Gasteiger partial charge in [-0.1, -0.05) is 17.4 Å². The molecule has 7 nitrogen and oxygen atoms in total. The molecule has 2 aromatic rings. The van der Waals surface area contributed by atoms with Gasteiger partial charge < -0.3 is 10.8 Å². The van der Waals surface area contributed by atoms with Crippen LogP contribution in [-0.2, 0) is 4.79 Å². The van der Waals surface area contributed by atoms with Crippen LogP contribution in [0.5, 0.6) is 0 Å². The molecule has 0 amide bonds. The summed E-state index contributed by atoms with van der Waals surface area (Å²) in [4.78, 5) is 22.6. The summed E-state index contributed by atoms with van der Waals surface area (Å²) in [5.41, 5.74) is 8.28. The molecular weight excluding hydrogens is 359 g/mol. The third-order valence-corrected chi connectivity index (χ3v) is 4.07. The number of nitrogens with zero attached hydrogens (tertiary/aromatic N) is 4. The fourth-order valence-corrected chi connectivity index (χ4v) is 2.74. The number of nitriles is 1. The molecule has 0 saturated heterocycles. The topological polar surface area (TPSA) is 126 Å². The number of rotatable bonds is 1. The summed E-state index contributed by atoms with van der Waals surface area (Å²) in [5.74, 6) is -2.61. The first-order chi connectivity index (χ1) is 11.7. The lowest BCUT2D eigenvalue weighted by Crippen LogP contribution is -2.21. The van der Waals surface area contributed by atoms with E-state index in [2.05, 4.69) is 27.1 Å². The molecule has 11 heteroatoms. The normalized spacial score (nSPS) is 17.2. The van der Waals surface area contributed by atoms with E-state index in [9.17, 15) is 13.2 Å². The van der Waals surface area contributed by atoms with Gasteiger partial charge in [-0.2, -0.15) is 23.4 Å². The van der Waals surface area contributed by atoms with Crippen molar-refractivity contribution < 1.29 is 23.1 Å². The summed E-state index contributed by atoms with van der Waals surface area (Å²) in [6.45, 7) is 0. The number of fused-ring (bicyclic) bond motifs is 1. The van der Waals surface area contributed by atoms with Gasteiger partial charge in [-0.05, 0) is 24.8 Å². The Morgan fingerprint density at radius 2 is 2.12 bits per heavy atom. The zero-order valence-electron chi connectivity index (χ0n) is 12.6. The molecule has 2 heterocycles. The second kappa shape index (κ2) is 7.43. The second-order valence-corrected chi connectivity index (χ2v) is 6.08. The number of nitrogen functional groups attached to an aromatic ring is 1. The number of hydrogen-bond acceptors (Lipinski definition) is 7. The van der Waals surface area contributed by atoms with Crippen molar-refractivity contribution in [2.45, 2.75) is 25.4 Å². The number of nitrogens with two attached hydrogens (primary N) is 1. The third-order valence-electron chi connectivity index (χ3n) is 3.30. The van der Waals surface area contributed by atoms with Gasteiger partial charge in [-0.15, -0.1) is 0 Å². The van der Waals surface area contributed by atoms with E-state index in [1.54, 1.807) is 6.20 Å². The Bertz CT molecular complexity index is 856. The first kappa shape index (κ1) is 18.6. The summed E-state index contributed by atoms with van der Waals surface area (Å²) in [6.07, 6.45) is 1.33. The van der Waals surface area contributed by atoms with E-state index in [-0.39, 0.29) is 5.92 Å². The molecule has 0 saturated carbocycles. The summed E-state index contributed by atoms with van der Waals surface area (Å²) >= 11 is 1.35. The number of thiazole rings is 1. The SMILES string of the molecule is N#CC1CC=C(c2cnc3nc(N)sc3n2)CC1.O=C(O)C(F)(F)F. The smallest absolute Gasteiger partial charge is 0.475 e. The zero-order valence-corrected chi connectivity index (χ0v) is 13.4. The van der Waals surface area contributed by atoms with Gasteiger partial charge in [0, 0.05) is 0 Å². The molecule has 2 aromatic heterocycles. The third kappa shape index (κ3) is 4.87. The number of aliphatic carboxylic acids is 1.